The average Bonchev–Trinajstić information content (AvgIpc) is 2.37. The third kappa shape index (κ3) is 5.32. The summed E-state index contributed by atoms with van der Waals surface area (Å²) in [4.78, 5) is 5.01. The van der Waals surface area contributed by atoms with Gasteiger partial charge in [0.1, 0.15) is 0 Å². The normalized spacial score (nSPS) is 11.7. The lowest BCUT2D eigenvalue weighted by molar-refractivity contribution is -0.132. The van der Waals surface area contributed by atoms with Crippen LogP contribution in [0.3, 0.4) is 0 Å². The molecule has 0 aliphatic rings. The van der Waals surface area contributed by atoms with Crippen molar-refractivity contribution < 1.29 is 17.6 Å². The quantitative estimate of drug-likeness (QED) is 0.618. The zero-order valence-electron chi connectivity index (χ0n) is 11.6. The Morgan fingerprint density at radius 3 is 2.65 bits per heavy atom. The number of hydrogen-bond donors (Lipinski definition) is 1. The Morgan fingerprint density at radius 1 is 1.35 bits per heavy atom. The minimum absolute atomic E-state index is 0.0509. The summed E-state index contributed by atoms with van der Waals surface area (Å²) in [5.74, 6) is -0.620. The molecule has 0 unspecified atom stereocenters. The molecule has 1 aromatic rings. The molecule has 0 radical (unpaired) electrons. The number of alkyl halides is 3. The highest BCUT2D eigenvalue weighted by molar-refractivity contribution is 5.42. The van der Waals surface area contributed by atoms with Crippen molar-refractivity contribution >= 4 is 5.82 Å². The minimum Gasteiger partial charge on any atom is -0.357 e. The maximum atomic E-state index is 14.1. The van der Waals surface area contributed by atoms with Gasteiger partial charge in [-0.3, -0.25) is 0 Å². The fourth-order valence-electron chi connectivity index (χ4n) is 1.67. The predicted molar refractivity (Wildman–Crippen MR) is 70.1 cm³/mol. The fourth-order valence-corrected chi connectivity index (χ4v) is 1.67. The van der Waals surface area contributed by atoms with Crippen molar-refractivity contribution in [2.45, 2.75) is 32.5 Å². The first-order valence-corrected chi connectivity index (χ1v) is 6.47. The van der Waals surface area contributed by atoms with Gasteiger partial charge in [-0.2, -0.15) is 13.2 Å². The Bertz CT molecular complexity index is 421. The Kier molecular flexibility index (Phi) is 6.19. The maximum Gasteiger partial charge on any atom is 0.390 e. The standard InChI is InChI=1S/C13H19F4N3/c1-3-6-18-9-10-4-7-19-12(11(10)14)20(2)8-5-13(15,16)17/h4,7,18H,3,5-6,8-9H2,1-2H3. The van der Waals surface area contributed by atoms with Gasteiger partial charge in [-0.15, -0.1) is 0 Å². The molecular formula is C13H19F4N3. The van der Waals surface area contributed by atoms with Crippen LogP contribution in [-0.2, 0) is 6.54 Å². The van der Waals surface area contributed by atoms with Crippen molar-refractivity contribution in [1.82, 2.24) is 10.3 Å². The molecule has 0 aliphatic heterocycles. The van der Waals surface area contributed by atoms with Gasteiger partial charge in [-0.1, -0.05) is 6.92 Å². The highest BCUT2D eigenvalue weighted by Gasteiger charge is 2.28. The summed E-state index contributed by atoms with van der Waals surface area (Å²) in [6.07, 6.45) is -2.93. The Hall–Kier alpha value is -1.37. The first kappa shape index (κ1) is 16.7. The third-order valence-corrected chi connectivity index (χ3v) is 2.79. The number of nitrogens with zero attached hydrogens (tertiary/aromatic N) is 2. The number of nitrogens with one attached hydrogen (secondary N) is 1. The van der Waals surface area contributed by atoms with E-state index >= 15 is 0 Å². The predicted octanol–water partition coefficient (Wildman–Crippen LogP) is 3.11. The lowest BCUT2D eigenvalue weighted by Gasteiger charge is -2.20. The van der Waals surface area contributed by atoms with E-state index in [2.05, 4.69) is 10.3 Å². The average molecular weight is 293 g/mol. The topological polar surface area (TPSA) is 28.2 Å². The molecular weight excluding hydrogens is 274 g/mol. The van der Waals surface area contributed by atoms with Crippen LogP contribution in [0.1, 0.15) is 25.3 Å². The second-order valence-electron chi connectivity index (χ2n) is 4.57. The molecule has 0 fully saturated rings. The van der Waals surface area contributed by atoms with E-state index in [4.69, 9.17) is 0 Å². The first-order valence-electron chi connectivity index (χ1n) is 6.47. The van der Waals surface area contributed by atoms with Gasteiger partial charge in [0.15, 0.2) is 11.6 Å². The van der Waals surface area contributed by atoms with Crippen molar-refractivity contribution in [3.8, 4) is 0 Å². The monoisotopic (exact) mass is 293 g/mol. The lowest BCUT2D eigenvalue weighted by atomic mass is 10.2. The van der Waals surface area contributed by atoms with E-state index in [1.165, 1.54) is 24.2 Å². The molecule has 0 spiro atoms. The zero-order chi connectivity index (χ0) is 15.2. The van der Waals surface area contributed by atoms with Gasteiger partial charge in [-0.25, -0.2) is 9.37 Å². The molecule has 20 heavy (non-hydrogen) atoms. The third-order valence-electron chi connectivity index (χ3n) is 2.79. The number of pyridine rings is 1. The van der Waals surface area contributed by atoms with Crippen LogP contribution in [0.5, 0.6) is 0 Å². The summed E-state index contributed by atoms with van der Waals surface area (Å²) in [6.45, 7) is 2.76. The zero-order valence-corrected chi connectivity index (χ0v) is 11.6. The number of halogens is 4. The summed E-state index contributed by atoms with van der Waals surface area (Å²) >= 11 is 0. The van der Waals surface area contributed by atoms with Crippen LogP contribution in [0, 0.1) is 5.82 Å². The molecule has 3 nitrogen and oxygen atoms in total. The van der Waals surface area contributed by atoms with Gasteiger partial charge in [-0.05, 0) is 19.0 Å². The molecule has 0 atom stereocenters. The van der Waals surface area contributed by atoms with E-state index in [1.54, 1.807) is 0 Å². The van der Waals surface area contributed by atoms with Gasteiger partial charge >= 0.3 is 6.18 Å². The van der Waals surface area contributed by atoms with E-state index in [-0.39, 0.29) is 12.4 Å². The Labute approximate surface area is 116 Å². The molecule has 0 bridgehead atoms. The van der Waals surface area contributed by atoms with Crippen LogP contribution < -0.4 is 10.2 Å². The van der Waals surface area contributed by atoms with Crippen LogP contribution >= 0.6 is 0 Å². The molecule has 7 heteroatoms. The lowest BCUT2D eigenvalue weighted by Crippen LogP contribution is -2.26. The Morgan fingerprint density at radius 2 is 2.05 bits per heavy atom. The largest absolute Gasteiger partial charge is 0.390 e. The van der Waals surface area contributed by atoms with Crippen molar-refractivity contribution in [1.29, 1.82) is 0 Å². The maximum absolute atomic E-state index is 14.1. The molecule has 0 aliphatic carbocycles. The van der Waals surface area contributed by atoms with E-state index in [0.717, 1.165) is 13.0 Å². The summed E-state index contributed by atoms with van der Waals surface area (Å²) in [7, 11) is 1.40. The number of rotatable bonds is 7. The molecule has 114 valence electrons. The summed E-state index contributed by atoms with van der Waals surface area (Å²) in [5.41, 5.74) is 0.405. The van der Waals surface area contributed by atoms with Crippen molar-refractivity contribution in [3.05, 3.63) is 23.6 Å². The molecule has 0 amide bonds. The Balaban J connectivity index is 2.72. The molecule has 1 rings (SSSR count). The van der Waals surface area contributed by atoms with Gasteiger partial charge in [0.25, 0.3) is 0 Å². The van der Waals surface area contributed by atoms with E-state index in [9.17, 15) is 17.6 Å². The molecule has 0 saturated heterocycles. The van der Waals surface area contributed by atoms with Crippen molar-refractivity contribution in [2.24, 2.45) is 0 Å². The van der Waals surface area contributed by atoms with Crippen LogP contribution in [0.2, 0.25) is 0 Å². The molecule has 0 saturated carbocycles. The molecule has 1 N–H and O–H groups in total. The smallest absolute Gasteiger partial charge is 0.357 e. The van der Waals surface area contributed by atoms with Crippen LogP contribution in [0.25, 0.3) is 0 Å². The molecule has 1 heterocycles. The van der Waals surface area contributed by atoms with Crippen LogP contribution in [0.4, 0.5) is 23.4 Å². The SMILES string of the molecule is CCCNCc1ccnc(N(C)CCC(F)(F)F)c1F. The van der Waals surface area contributed by atoms with E-state index in [0.29, 0.717) is 12.1 Å². The highest BCUT2D eigenvalue weighted by Crippen LogP contribution is 2.23. The van der Waals surface area contributed by atoms with Gasteiger partial charge in [0, 0.05) is 31.9 Å². The van der Waals surface area contributed by atoms with Crippen LogP contribution in [0.15, 0.2) is 12.3 Å². The van der Waals surface area contributed by atoms with Crippen molar-refractivity contribution in [3.63, 3.8) is 0 Å². The van der Waals surface area contributed by atoms with Gasteiger partial charge < -0.3 is 10.2 Å². The summed E-state index contributed by atoms with van der Waals surface area (Å²) in [6, 6.07) is 1.53. The fraction of sp³-hybridized carbons (Fsp3) is 0.615. The van der Waals surface area contributed by atoms with Crippen LogP contribution in [-0.4, -0.2) is 31.3 Å². The number of hydrogen-bond acceptors (Lipinski definition) is 3. The van der Waals surface area contributed by atoms with E-state index < -0.39 is 18.4 Å². The summed E-state index contributed by atoms with van der Waals surface area (Å²) in [5, 5.41) is 3.05. The number of anilines is 1. The van der Waals surface area contributed by atoms with Crippen molar-refractivity contribution in [2.75, 3.05) is 25.0 Å². The molecule has 0 aromatic carbocycles. The van der Waals surface area contributed by atoms with Gasteiger partial charge in [0.2, 0.25) is 0 Å². The van der Waals surface area contributed by atoms with Gasteiger partial charge in [0.05, 0.1) is 6.42 Å². The second kappa shape index (κ2) is 7.42. The second-order valence-corrected chi connectivity index (χ2v) is 4.57. The minimum atomic E-state index is -4.26. The molecule has 1 aromatic heterocycles. The summed E-state index contributed by atoms with van der Waals surface area (Å²) < 4.78 is 50.6. The highest BCUT2D eigenvalue weighted by atomic mass is 19.4. The first-order chi connectivity index (χ1) is 9.35. The van der Waals surface area contributed by atoms with E-state index in [1.807, 2.05) is 6.92 Å². The number of aromatic nitrogens is 1.